The molecular weight excluding hydrogens is 142 g/mol. The lowest BCUT2D eigenvalue weighted by Gasteiger charge is -1.94. The molecule has 1 N–H and O–H groups in total. The lowest BCUT2D eigenvalue weighted by molar-refractivity contribution is 0.424. The summed E-state index contributed by atoms with van der Waals surface area (Å²) in [6.07, 6.45) is 0. The van der Waals surface area contributed by atoms with Crippen molar-refractivity contribution in [1.29, 1.82) is 0 Å². The molecule has 0 unspecified atom stereocenters. The van der Waals surface area contributed by atoms with Crippen molar-refractivity contribution in [2.75, 3.05) is 7.05 Å². The van der Waals surface area contributed by atoms with E-state index in [-0.39, 0.29) is 0 Å². The van der Waals surface area contributed by atoms with Gasteiger partial charge in [-0.25, -0.2) is 0 Å². The first-order chi connectivity index (χ1) is 5.24. The van der Waals surface area contributed by atoms with Crippen LogP contribution in [-0.2, 0) is 6.54 Å². The van der Waals surface area contributed by atoms with Crippen molar-refractivity contribution in [1.82, 2.24) is 15.5 Å². The van der Waals surface area contributed by atoms with Crippen LogP contribution in [0.5, 0.6) is 0 Å². The van der Waals surface area contributed by atoms with Crippen LogP contribution in [0.2, 0.25) is 0 Å². The number of nitrogens with zero attached hydrogens (tertiary/aromatic N) is 2. The van der Waals surface area contributed by atoms with Gasteiger partial charge in [0, 0.05) is 5.92 Å². The molecule has 0 aromatic carbocycles. The standard InChI is InChI=1S/C7H13N3O/c1-5(2)7-10-9-6(11-7)4-8-3/h5,8H,4H2,1-3H3. The van der Waals surface area contributed by atoms with E-state index in [0.29, 0.717) is 24.2 Å². The molecule has 62 valence electrons. The summed E-state index contributed by atoms with van der Waals surface area (Å²) in [5.41, 5.74) is 0. The lowest BCUT2D eigenvalue weighted by Crippen LogP contribution is -2.04. The Morgan fingerprint density at radius 3 is 2.64 bits per heavy atom. The van der Waals surface area contributed by atoms with E-state index < -0.39 is 0 Å². The molecule has 0 bridgehead atoms. The lowest BCUT2D eigenvalue weighted by atomic mass is 10.2. The molecule has 1 aromatic rings. The Bertz CT molecular complexity index is 219. The van der Waals surface area contributed by atoms with Crippen molar-refractivity contribution in [3.63, 3.8) is 0 Å². The first-order valence-electron chi connectivity index (χ1n) is 3.71. The number of hydrogen-bond acceptors (Lipinski definition) is 4. The molecule has 0 atom stereocenters. The first-order valence-corrected chi connectivity index (χ1v) is 3.71. The van der Waals surface area contributed by atoms with Gasteiger partial charge >= 0.3 is 0 Å². The number of rotatable bonds is 3. The van der Waals surface area contributed by atoms with Gasteiger partial charge in [-0.05, 0) is 7.05 Å². The largest absolute Gasteiger partial charge is 0.424 e. The fraction of sp³-hybridized carbons (Fsp3) is 0.714. The highest BCUT2D eigenvalue weighted by Crippen LogP contribution is 2.11. The summed E-state index contributed by atoms with van der Waals surface area (Å²) in [6.45, 7) is 4.69. The minimum Gasteiger partial charge on any atom is -0.424 e. The molecule has 11 heavy (non-hydrogen) atoms. The average molecular weight is 155 g/mol. The fourth-order valence-electron chi connectivity index (χ4n) is 0.723. The zero-order valence-electron chi connectivity index (χ0n) is 7.09. The topological polar surface area (TPSA) is 51.0 Å². The van der Waals surface area contributed by atoms with Gasteiger partial charge in [0.25, 0.3) is 0 Å². The van der Waals surface area contributed by atoms with E-state index in [1.54, 1.807) is 0 Å². The number of hydrogen-bond donors (Lipinski definition) is 1. The molecule has 0 spiro atoms. The normalized spacial score (nSPS) is 10.9. The minimum absolute atomic E-state index is 0.313. The Hall–Kier alpha value is -0.900. The second-order valence-electron chi connectivity index (χ2n) is 2.72. The highest BCUT2D eigenvalue weighted by Gasteiger charge is 2.07. The predicted octanol–water partition coefficient (Wildman–Crippen LogP) is 0.912. The average Bonchev–Trinajstić information content (AvgIpc) is 2.37. The van der Waals surface area contributed by atoms with Gasteiger partial charge in [0.15, 0.2) is 0 Å². The van der Waals surface area contributed by atoms with Gasteiger partial charge in [0.2, 0.25) is 11.8 Å². The van der Waals surface area contributed by atoms with Crippen LogP contribution in [0, 0.1) is 0 Å². The van der Waals surface area contributed by atoms with Crippen LogP contribution in [0.4, 0.5) is 0 Å². The maximum atomic E-state index is 5.30. The minimum atomic E-state index is 0.313. The van der Waals surface area contributed by atoms with Gasteiger partial charge in [-0.2, -0.15) is 0 Å². The Morgan fingerprint density at radius 2 is 2.18 bits per heavy atom. The molecular formula is C7H13N3O. The third-order valence-electron chi connectivity index (χ3n) is 1.30. The summed E-state index contributed by atoms with van der Waals surface area (Å²) in [5, 5.41) is 10.7. The molecule has 0 aliphatic heterocycles. The monoisotopic (exact) mass is 155 g/mol. The molecule has 1 aromatic heterocycles. The molecule has 0 radical (unpaired) electrons. The summed E-state index contributed by atoms with van der Waals surface area (Å²) >= 11 is 0. The van der Waals surface area contributed by atoms with Gasteiger partial charge in [0.05, 0.1) is 6.54 Å². The van der Waals surface area contributed by atoms with Crippen molar-refractivity contribution >= 4 is 0 Å². The number of aromatic nitrogens is 2. The van der Waals surface area contributed by atoms with Crippen LogP contribution in [0.1, 0.15) is 31.5 Å². The number of nitrogens with one attached hydrogen (secondary N) is 1. The molecule has 0 fully saturated rings. The molecule has 0 aliphatic rings. The maximum Gasteiger partial charge on any atom is 0.230 e. The Labute approximate surface area is 66.0 Å². The fourth-order valence-corrected chi connectivity index (χ4v) is 0.723. The van der Waals surface area contributed by atoms with Crippen molar-refractivity contribution in [2.24, 2.45) is 0 Å². The van der Waals surface area contributed by atoms with Gasteiger partial charge < -0.3 is 9.73 Å². The van der Waals surface area contributed by atoms with Gasteiger partial charge in [-0.1, -0.05) is 13.8 Å². The second kappa shape index (κ2) is 3.48. The van der Waals surface area contributed by atoms with E-state index in [0.717, 1.165) is 0 Å². The SMILES string of the molecule is CNCc1nnc(C(C)C)o1. The molecule has 0 saturated heterocycles. The molecule has 4 nitrogen and oxygen atoms in total. The molecule has 0 saturated carbocycles. The predicted molar refractivity (Wildman–Crippen MR) is 41.2 cm³/mol. The molecule has 1 heterocycles. The van der Waals surface area contributed by atoms with E-state index >= 15 is 0 Å². The van der Waals surface area contributed by atoms with Crippen LogP contribution in [-0.4, -0.2) is 17.2 Å². The molecule has 1 rings (SSSR count). The molecule has 4 heteroatoms. The van der Waals surface area contributed by atoms with Crippen LogP contribution < -0.4 is 5.32 Å². The van der Waals surface area contributed by atoms with E-state index in [4.69, 9.17) is 4.42 Å². The highest BCUT2D eigenvalue weighted by atomic mass is 16.4. The third kappa shape index (κ3) is 2.01. The highest BCUT2D eigenvalue weighted by molar-refractivity contribution is 4.86. The third-order valence-corrected chi connectivity index (χ3v) is 1.30. The zero-order chi connectivity index (χ0) is 8.27. The molecule has 0 amide bonds. The van der Waals surface area contributed by atoms with E-state index in [1.807, 2.05) is 20.9 Å². The van der Waals surface area contributed by atoms with Crippen LogP contribution in [0.3, 0.4) is 0 Å². The van der Waals surface area contributed by atoms with E-state index in [2.05, 4.69) is 15.5 Å². The van der Waals surface area contributed by atoms with Crippen molar-refractivity contribution in [2.45, 2.75) is 26.3 Å². The van der Waals surface area contributed by atoms with Crippen LogP contribution in [0.25, 0.3) is 0 Å². The molecule has 0 aliphatic carbocycles. The Morgan fingerprint density at radius 1 is 1.45 bits per heavy atom. The van der Waals surface area contributed by atoms with Gasteiger partial charge in [0.1, 0.15) is 0 Å². The van der Waals surface area contributed by atoms with Gasteiger partial charge in [-0.3, -0.25) is 0 Å². The summed E-state index contributed by atoms with van der Waals surface area (Å²) < 4.78 is 5.30. The summed E-state index contributed by atoms with van der Waals surface area (Å²) in [7, 11) is 1.85. The smallest absolute Gasteiger partial charge is 0.230 e. The van der Waals surface area contributed by atoms with Crippen molar-refractivity contribution in [3.8, 4) is 0 Å². The summed E-state index contributed by atoms with van der Waals surface area (Å²) in [5.74, 6) is 1.67. The summed E-state index contributed by atoms with van der Waals surface area (Å²) in [6, 6.07) is 0. The Kier molecular flexibility index (Phi) is 2.59. The quantitative estimate of drug-likeness (QED) is 0.705. The van der Waals surface area contributed by atoms with E-state index in [1.165, 1.54) is 0 Å². The van der Waals surface area contributed by atoms with E-state index in [9.17, 15) is 0 Å². The first kappa shape index (κ1) is 8.20. The van der Waals surface area contributed by atoms with Crippen LogP contribution >= 0.6 is 0 Å². The Balaban J connectivity index is 2.66. The summed E-state index contributed by atoms with van der Waals surface area (Å²) in [4.78, 5) is 0. The zero-order valence-corrected chi connectivity index (χ0v) is 7.09. The second-order valence-corrected chi connectivity index (χ2v) is 2.72. The maximum absolute atomic E-state index is 5.30. The van der Waals surface area contributed by atoms with Gasteiger partial charge in [-0.15, -0.1) is 10.2 Å². The van der Waals surface area contributed by atoms with Crippen LogP contribution in [0.15, 0.2) is 4.42 Å². The van der Waals surface area contributed by atoms with Crippen molar-refractivity contribution in [3.05, 3.63) is 11.8 Å². The van der Waals surface area contributed by atoms with Crippen molar-refractivity contribution < 1.29 is 4.42 Å².